The monoisotopic (exact) mass is 317 g/mol. The molecule has 5 heteroatoms. The van der Waals surface area contributed by atoms with E-state index in [0.29, 0.717) is 12.3 Å². The lowest BCUT2D eigenvalue weighted by atomic mass is 10.0. The molecule has 0 aliphatic carbocycles. The molecule has 0 bridgehead atoms. The summed E-state index contributed by atoms with van der Waals surface area (Å²) in [5.74, 6) is 0.582. The van der Waals surface area contributed by atoms with Crippen LogP contribution < -0.4 is 0 Å². The molecule has 3 rings (SSSR count). The van der Waals surface area contributed by atoms with Crippen molar-refractivity contribution in [2.24, 2.45) is 5.92 Å². The Balaban J connectivity index is 1.75. The average molecular weight is 317 g/mol. The maximum atomic E-state index is 12.1. The van der Waals surface area contributed by atoms with E-state index >= 15 is 0 Å². The Morgan fingerprint density at radius 3 is 2.95 bits per heavy atom. The lowest BCUT2D eigenvalue weighted by Crippen LogP contribution is -2.31. The van der Waals surface area contributed by atoms with Gasteiger partial charge < -0.3 is 9.47 Å². The maximum absolute atomic E-state index is 12.1. The third-order valence-electron chi connectivity index (χ3n) is 4.23. The van der Waals surface area contributed by atoms with Crippen LogP contribution in [0.2, 0.25) is 0 Å². The summed E-state index contributed by atoms with van der Waals surface area (Å²) in [7, 11) is 3.67. The van der Waals surface area contributed by atoms with Crippen LogP contribution in [0.4, 0.5) is 0 Å². The zero-order chi connectivity index (χ0) is 15.5. The number of carbonyl (C=O) groups excluding carboxylic acids is 1. The summed E-state index contributed by atoms with van der Waals surface area (Å²) in [5.41, 5.74) is 2.71. The van der Waals surface area contributed by atoms with E-state index in [-0.39, 0.29) is 5.91 Å². The number of nitrogens with zero attached hydrogens (tertiary/aromatic N) is 3. The summed E-state index contributed by atoms with van der Waals surface area (Å²) in [5, 5.41) is 4.34. The zero-order valence-electron chi connectivity index (χ0n) is 13.2. The van der Waals surface area contributed by atoms with Gasteiger partial charge in [0.1, 0.15) is 0 Å². The van der Waals surface area contributed by atoms with Crippen LogP contribution in [0.25, 0.3) is 0 Å². The van der Waals surface area contributed by atoms with Gasteiger partial charge >= 0.3 is 0 Å². The van der Waals surface area contributed by atoms with Gasteiger partial charge in [0.15, 0.2) is 0 Å². The van der Waals surface area contributed by atoms with Gasteiger partial charge in [0.2, 0.25) is 5.91 Å². The van der Waals surface area contributed by atoms with Crippen LogP contribution in [0, 0.1) is 5.92 Å². The minimum Gasteiger partial charge on any atom is -0.350 e. The summed E-state index contributed by atoms with van der Waals surface area (Å²) in [6, 6.07) is 6.49. The lowest BCUT2D eigenvalue weighted by molar-refractivity contribution is -0.129. The van der Waals surface area contributed by atoms with Crippen molar-refractivity contribution in [3.05, 3.63) is 46.4 Å². The molecule has 0 saturated heterocycles. The van der Waals surface area contributed by atoms with Gasteiger partial charge in [0, 0.05) is 58.6 Å². The number of hydrogen-bond acceptors (Lipinski definition) is 3. The van der Waals surface area contributed by atoms with Crippen LogP contribution in [0.3, 0.4) is 0 Å². The standard InChI is InChI=1S/C17H23N3OS/c1-18(2)17(21)8-15-10-19(9-14-5-7-22-13-14)12-16-4-3-6-20(16)11-15/h3-7,13,15H,8-12H2,1-2H3. The van der Waals surface area contributed by atoms with Crippen molar-refractivity contribution < 1.29 is 4.79 Å². The van der Waals surface area contributed by atoms with Gasteiger partial charge in [0.25, 0.3) is 0 Å². The Bertz CT molecular complexity index is 618. The second-order valence-corrected chi connectivity index (χ2v) is 7.09. The van der Waals surface area contributed by atoms with Crippen LogP contribution in [0.15, 0.2) is 35.2 Å². The lowest BCUT2D eigenvalue weighted by Gasteiger charge is -2.24. The highest BCUT2D eigenvalue weighted by Crippen LogP contribution is 2.22. The van der Waals surface area contributed by atoms with Gasteiger partial charge in [-0.05, 0) is 40.4 Å². The topological polar surface area (TPSA) is 28.5 Å². The second kappa shape index (κ2) is 6.67. The maximum Gasteiger partial charge on any atom is 0.222 e. The van der Waals surface area contributed by atoms with E-state index in [1.165, 1.54) is 11.3 Å². The van der Waals surface area contributed by atoms with E-state index < -0.39 is 0 Å². The summed E-state index contributed by atoms with van der Waals surface area (Å²) < 4.78 is 2.31. The first kappa shape index (κ1) is 15.3. The molecule has 0 radical (unpaired) electrons. The van der Waals surface area contributed by atoms with E-state index in [1.54, 1.807) is 16.2 Å². The number of hydrogen-bond donors (Lipinski definition) is 0. The Morgan fingerprint density at radius 1 is 1.36 bits per heavy atom. The summed E-state index contributed by atoms with van der Waals surface area (Å²) >= 11 is 1.74. The number of fused-ring (bicyclic) bond motifs is 1. The van der Waals surface area contributed by atoms with Crippen LogP contribution in [0.1, 0.15) is 17.7 Å². The first-order valence-electron chi connectivity index (χ1n) is 7.69. The van der Waals surface area contributed by atoms with Crippen molar-refractivity contribution in [3.8, 4) is 0 Å². The molecule has 1 atom stereocenters. The second-order valence-electron chi connectivity index (χ2n) is 6.31. The van der Waals surface area contributed by atoms with Crippen molar-refractivity contribution in [1.29, 1.82) is 0 Å². The third-order valence-corrected chi connectivity index (χ3v) is 4.96. The van der Waals surface area contributed by atoms with E-state index in [9.17, 15) is 4.79 Å². The molecule has 0 aromatic carbocycles. The average Bonchev–Trinajstić information content (AvgIpc) is 3.08. The molecule has 2 aromatic heterocycles. The molecule has 0 N–H and O–H groups in total. The number of rotatable bonds is 4. The molecular formula is C17H23N3OS. The third kappa shape index (κ3) is 3.59. The summed E-state index contributed by atoms with van der Waals surface area (Å²) in [6.45, 7) is 3.82. The molecule has 1 aliphatic rings. The van der Waals surface area contributed by atoms with Gasteiger partial charge in [-0.3, -0.25) is 9.69 Å². The summed E-state index contributed by atoms with van der Waals surface area (Å²) in [6.07, 6.45) is 2.75. The van der Waals surface area contributed by atoms with Crippen molar-refractivity contribution in [2.75, 3.05) is 20.6 Å². The van der Waals surface area contributed by atoms with Gasteiger partial charge in [-0.1, -0.05) is 0 Å². The Labute approximate surface area is 136 Å². The highest BCUT2D eigenvalue weighted by Gasteiger charge is 2.24. The van der Waals surface area contributed by atoms with Gasteiger partial charge in [-0.15, -0.1) is 0 Å². The Hall–Kier alpha value is -1.59. The molecule has 1 aliphatic heterocycles. The number of amides is 1. The molecule has 1 unspecified atom stereocenters. The number of carbonyl (C=O) groups is 1. The van der Waals surface area contributed by atoms with E-state index in [4.69, 9.17) is 0 Å². The number of aromatic nitrogens is 1. The molecule has 22 heavy (non-hydrogen) atoms. The fraction of sp³-hybridized carbons (Fsp3) is 0.471. The molecule has 1 amide bonds. The molecular weight excluding hydrogens is 294 g/mol. The molecule has 4 nitrogen and oxygen atoms in total. The molecule has 3 heterocycles. The van der Waals surface area contributed by atoms with Gasteiger partial charge in [-0.2, -0.15) is 11.3 Å². The van der Waals surface area contributed by atoms with E-state index in [0.717, 1.165) is 26.2 Å². The predicted molar refractivity (Wildman–Crippen MR) is 89.7 cm³/mol. The SMILES string of the molecule is CN(C)C(=O)CC1CN(Cc2ccsc2)Cc2cccn2C1. The fourth-order valence-electron chi connectivity index (χ4n) is 3.09. The quantitative estimate of drug-likeness (QED) is 0.867. The molecule has 0 saturated carbocycles. The molecule has 118 valence electrons. The van der Waals surface area contributed by atoms with Crippen LogP contribution in [-0.2, 0) is 24.4 Å². The molecule has 0 fully saturated rings. The molecule has 0 spiro atoms. The number of thiophene rings is 1. The van der Waals surface area contributed by atoms with Crippen LogP contribution in [-0.4, -0.2) is 40.9 Å². The predicted octanol–water partition coefficient (Wildman–Crippen LogP) is 2.66. The minimum absolute atomic E-state index is 0.219. The van der Waals surface area contributed by atoms with Crippen LogP contribution in [0.5, 0.6) is 0 Å². The minimum atomic E-state index is 0.219. The van der Waals surface area contributed by atoms with Gasteiger partial charge in [-0.25, -0.2) is 0 Å². The first-order chi connectivity index (χ1) is 10.6. The van der Waals surface area contributed by atoms with Crippen molar-refractivity contribution in [3.63, 3.8) is 0 Å². The molecule has 2 aromatic rings. The normalized spacial score (nSPS) is 18.7. The summed E-state index contributed by atoms with van der Waals surface area (Å²) in [4.78, 5) is 16.3. The zero-order valence-corrected chi connectivity index (χ0v) is 14.1. The van der Waals surface area contributed by atoms with Crippen LogP contribution >= 0.6 is 11.3 Å². The van der Waals surface area contributed by atoms with Crippen molar-refractivity contribution in [2.45, 2.75) is 26.1 Å². The van der Waals surface area contributed by atoms with E-state index in [1.807, 2.05) is 14.1 Å². The van der Waals surface area contributed by atoms with Crippen molar-refractivity contribution >= 4 is 17.2 Å². The largest absolute Gasteiger partial charge is 0.350 e. The highest BCUT2D eigenvalue weighted by atomic mass is 32.1. The Morgan fingerprint density at radius 2 is 2.23 bits per heavy atom. The first-order valence-corrected chi connectivity index (χ1v) is 8.63. The Kier molecular flexibility index (Phi) is 4.64. The van der Waals surface area contributed by atoms with Gasteiger partial charge in [0.05, 0.1) is 0 Å². The highest BCUT2D eigenvalue weighted by molar-refractivity contribution is 7.07. The van der Waals surface area contributed by atoms with E-state index in [2.05, 4.69) is 44.6 Å². The fourth-order valence-corrected chi connectivity index (χ4v) is 3.75. The van der Waals surface area contributed by atoms with Crippen molar-refractivity contribution in [1.82, 2.24) is 14.4 Å². The smallest absolute Gasteiger partial charge is 0.222 e.